The summed E-state index contributed by atoms with van der Waals surface area (Å²) in [6.07, 6.45) is 1.63. The van der Waals surface area contributed by atoms with Gasteiger partial charge >= 0.3 is 0 Å². The molecule has 7 nitrogen and oxygen atoms in total. The molecule has 1 aromatic carbocycles. The minimum Gasteiger partial charge on any atom is -0.481 e. The van der Waals surface area contributed by atoms with Crippen molar-refractivity contribution in [2.45, 2.75) is 13.5 Å². The average Bonchev–Trinajstić information content (AvgIpc) is 2.53. The molecular weight excluding hydrogens is 286 g/mol. The number of nitro groups is 1. The number of benzene rings is 1. The van der Waals surface area contributed by atoms with Gasteiger partial charge in [0.2, 0.25) is 5.88 Å². The topological polar surface area (TPSA) is 94.4 Å². The molecular formula is C15H15N3O4. The van der Waals surface area contributed by atoms with E-state index in [1.807, 2.05) is 6.07 Å². The molecule has 0 aliphatic heterocycles. The van der Waals surface area contributed by atoms with Crippen LogP contribution in [0.2, 0.25) is 0 Å². The number of aromatic nitrogens is 1. The smallest absolute Gasteiger partial charge is 0.293 e. The van der Waals surface area contributed by atoms with E-state index in [-0.39, 0.29) is 11.5 Å². The molecule has 2 aromatic rings. The first kappa shape index (κ1) is 15.4. The highest BCUT2D eigenvalue weighted by molar-refractivity contribution is 5.95. The number of carbonyl (C=O) groups is 1. The minimum absolute atomic E-state index is 0.130. The Bertz CT molecular complexity index is 698. The number of pyridine rings is 1. The molecule has 1 aromatic heterocycles. The third-order valence-electron chi connectivity index (χ3n) is 3.09. The fourth-order valence-electron chi connectivity index (χ4n) is 1.88. The summed E-state index contributed by atoms with van der Waals surface area (Å²) in [6.45, 7) is 1.74. The Morgan fingerprint density at radius 2 is 2.14 bits per heavy atom. The highest BCUT2D eigenvalue weighted by Crippen LogP contribution is 2.26. The summed E-state index contributed by atoms with van der Waals surface area (Å²) in [7, 11) is 1.53. The Hall–Kier alpha value is -2.96. The molecule has 0 saturated carbocycles. The maximum Gasteiger partial charge on any atom is 0.293 e. The van der Waals surface area contributed by atoms with E-state index in [0.717, 1.165) is 5.56 Å². The first-order valence-electron chi connectivity index (χ1n) is 6.53. The molecule has 0 atom stereocenters. The highest BCUT2D eigenvalue weighted by atomic mass is 16.6. The third-order valence-corrected chi connectivity index (χ3v) is 3.09. The van der Waals surface area contributed by atoms with Crippen molar-refractivity contribution in [1.29, 1.82) is 0 Å². The van der Waals surface area contributed by atoms with Gasteiger partial charge in [-0.15, -0.1) is 0 Å². The number of hydrogen-bond donors (Lipinski definition) is 1. The summed E-state index contributed by atoms with van der Waals surface area (Å²) in [5, 5.41) is 14.1. The predicted molar refractivity (Wildman–Crippen MR) is 81.2 cm³/mol. The number of nitrogens with one attached hydrogen (secondary N) is 1. The number of nitro benzene ring substituents is 1. The largest absolute Gasteiger partial charge is 0.481 e. The van der Waals surface area contributed by atoms with Crippen molar-refractivity contribution in [3.63, 3.8) is 0 Å². The van der Waals surface area contributed by atoms with Crippen molar-refractivity contribution in [2.75, 3.05) is 12.4 Å². The lowest BCUT2D eigenvalue weighted by molar-refractivity contribution is -0.384. The summed E-state index contributed by atoms with van der Waals surface area (Å²) in [6, 6.07) is 7.89. The Balaban J connectivity index is 2.17. The molecule has 0 spiro atoms. The highest BCUT2D eigenvalue weighted by Gasteiger charge is 2.16. The van der Waals surface area contributed by atoms with Crippen LogP contribution in [0.5, 0.6) is 5.88 Å². The average molecular weight is 301 g/mol. The van der Waals surface area contributed by atoms with Gasteiger partial charge in [-0.25, -0.2) is 4.98 Å². The van der Waals surface area contributed by atoms with E-state index in [4.69, 9.17) is 4.74 Å². The number of methoxy groups -OCH3 is 1. The van der Waals surface area contributed by atoms with Crippen molar-refractivity contribution >= 4 is 17.2 Å². The van der Waals surface area contributed by atoms with Crippen molar-refractivity contribution in [3.8, 4) is 5.88 Å². The molecule has 0 amide bonds. The van der Waals surface area contributed by atoms with Crippen LogP contribution >= 0.6 is 0 Å². The van der Waals surface area contributed by atoms with Crippen molar-refractivity contribution < 1.29 is 14.5 Å². The van der Waals surface area contributed by atoms with Crippen molar-refractivity contribution in [3.05, 3.63) is 57.8 Å². The zero-order valence-electron chi connectivity index (χ0n) is 12.2. The molecule has 22 heavy (non-hydrogen) atoms. The van der Waals surface area contributed by atoms with E-state index in [1.54, 1.807) is 18.3 Å². The minimum atomic E-state index is -0.513. The quantitative estimate of drug-likeness (QED) is 0.501. The van der Waals surface area contributed by atoms with Gasteiger partial charge in [0.1, 0.15) is 5.69 Å². The van der Waals surface area contributed by atoms with Gasteiger partial charge in [0.15, 0.2) is 5.78 Å². The predicted octanol–water partition coefficient (Wildman–Crippen LogP) is 2.81. The van der Waals surface area contributed by atoms with Crippen LogP contribution in [0.1, 0.15) is 22.8 Å². The van der Waals surface area contributed by atoms with Gasteiger partial charge in [-0.3, -0.25) is 14.9 Å². The van der Waals surface area contributed by atoms with Crippen LogP contribution in [0.25, 0.3) is 0 Å². The SMILES string of the molecule is COc1ccc(CNc2ccc(C(C)=O)cc2[N+](=O)[O-])cn1. The third kappa shape index (κ3) is 3.57. The second-order valence-corrected chi connectivity index (χ2v) is 4.61. The van der Waals surface area contributed by atoms with Crippen LogP contribution < -0.4 is 10.1 Å². The lowest BCUT2D eigenvalue weighted by atomic mass is 10.1. The molecule has 0 radical (unpaired) electrons. The normalized spacial score (nSPS) is 10.1. The number of anilines is 1. The fraction of sp³-hybridized carbons (Fsp3) is 0.200. The van der Waals surface area contributed by atoms with Crippen LogP contribution in [-0.4, -0.2) is 22.8 Å². The van der Waals surface area contributed by atoms with E-state index >= 15 is 0 Å². The van der Waals surface area contributed by atoms with Crippen LogP contribution in [0.3, 0.4) is 0 Å². The van der Waals surface area contributed by atoms with Gasteiger partial charge in [-0.1, -0.05) is 6.07 Å². The molecule has 0 unspecified atom stereocenters. The van der Waals surface area contributed by atoms with Gasteiger partial charge in [-0.2, -0.15) is 0 Å². The summed E-state index contributed by atoms with van der Waals surface area (Å²) in [4.78, 5) is 26.0. The summed E-state index contributed by atoms with van der Waals surface area (Å²) in [5.41, 5.74) is 1.38. The van der Waals surface area contributed by atoms with Crippen LogP contribution in [-0.2, 0) is 6.54 Å². The number of carbonyl (C=O) groups excluding carboxylic acids is 1. The van der Waals surface area contributed by atoms with Gasteiger partial charge in [0, 0.05) is 30.4 Å². The first-order chi connectivity index (χ1) is 10.5. The Morgan fingerprint density at radius 1 is 1.36 bits per heavy atom. The molecule has 2 rings (SSSR count). The lowest BCUT2D eigenvalue weighted by Gasteiger charge is -2.08. The van der Waals surface area contributed by atoms with Crippen molar-refractivity contribution in [1.82, 2.24) is 4.98 Å². The summed E-state index contributed by atoms with van der Waals surface area (Å²) >= 11 is 0. The van der Waals surface area contributed by atoms with Gasteiger partial charge in [0.05, 0.1) is 12.0 Å². The van der Waals surface area contributed by atoms with Crippen molar-refractivity contribution in [2.24, 2.45) is 0 Å². The van der Waals surface area contributed by atoms with Gasteiger partial charge in [-0.05, 0) is 24.6 Å². The molecule has 0 fully saturated rings. The molecule has 1 N–H and O–H groups in total. The second-order valence-electron chi connectivity index (χ2n) is 4.61. The molecule has 0 bridgehead atoms. The second kappa shape index (κ2) is 6.66. The molecule has 1 heterocycles. The van der Waals surface area contributed by atoms with Gasteiger partial charge < -0.3 is 10.1 Å². The molecule has 0 aliphatic rings. The maximum absolute atomic E-state index is 11.3. The maximum atomic E-state index is 11.3. The zero-order valence-corrected chi connectivity index (χ0v) is 12.2. The Labute approximate surface area is 127 Å². The van der Waals surface area contributed by atoms with E-state index in [9.17, 15) is 14.9 Å². The summed E-state index contributed by atoms with van der Waals surface area (Å²) < 4.78 is 4.97. The van der Waals surface area contributed by atoms with E-state index in [0.29, 0.717) is 23.7 Å². The van der Waals surface area contributed by atoms with E-state index in [1.165, 1.54) is 26.2 Å². The molecule has 7 heteroatoms. The van der Waals surface area contributed by atoms with E-state index < -0.39 is 4.92 Å². The first-order valence-corrected chi connectivity index (χ1v) is 6.53. The van der Waals surface area contributed by atoms with E-state index in [2.05, 4.69) is 10.3 Å². The number of Topliss-reactive ketones (excluding diaryl/α,β-unsaturated/α-hetero) is 1. The number of rotatable bonds is 6. The number of ketones is 1. The van der Waals surface area contributed by atoms with Crippen LogP contribution in [0.4, 0.5) is 11.4 Å². The summed E-state index contributed by atoms with van der Waals surface area (Å²) in [5.74, 6) is 0.287. The monoisotopic (exact) mass is 301 g/mol. The molecule has 0 aliphatic carbocycles. The standard InChI is InChI=1S/C15H15N3O4/c1-10(19)12-4-5-13(14(7-12)18(20)21)16-8-11-3-6-15(22-2)17-9-11/h3-7,9,16H,8H2,1-2H3. The fourth-order valence-corrected chi connectivity index (χ4v) is 1.88. The Morgan fingerprint density at radius 3 is 2.68 bits per heavy atom. The number of nitrogens with zero attached hydrogens (tertiary/aromatic N) is 2. The lowest BCUT2D eigenvalue weighted by Crippen LogP contribution is -2.04. The Kier molecular flexibility index (Phi) is 4.67. The zero-order chi connectivity index (χ0) is 16.1. The van der Waals surface area contributed by atoms with Gasteiger partial charge in [0.25, 0.3) is 5.69 Å². The van der Waals surface area contributed by atoms with Crippen LogP contribution in [0.15, 0.2) is 36.5 Å². The number of ether oxygens (including phenoxy) is 1. The molecule has 0 saturated heterocycles. The molecule has 114 valence electrons. The van der Waals surface area contributed by atoms with Crippen LogP contribution in [0, 0.1) is 10.1 Å². The number of hydrogen-bond acceptors (Lipinski definition) is 6.